The van der Waals surface area contributed by atoms with E-state index in [4.69, 9.17) is 5.73 Å². The molecular formula is C15H18N2. The highest BCUT2D eigenvalue weighted by Crippen LogP contribution is 2.20. The number of pyridine rings is 1. The van der Waals surface area contributed by atoms with Gasteiger partial charge in [-0.2, -0.15) is 0 Å². The van der Waals surface area contributed by atoms with Crippen molar-refractivity contribution in [1.82, 2.24) is 4.98 Å². The van der Waals surface area contributed by atoms with Gasteiger partial charge in [0.25, 0.3) is 0 Å². The minimum atomic E-state index is 0.560. The topological polar surface area (TPSA) is 38.9 Å². The first-order valence-corrected chi connectivity index (χ1v) is 5.96. The molecule has 0 unspecified atom stereocenters. The lowest BCUT2D eigenvalue weighted by Gasteiger charge is -2.06. The van der Waals surface area contributed by atoms with Crippen LogP contribution in [0.25, 0.3) is 11.1 Å². The van der Waals surface area contributed by atoms with E-state index in [1.54, 1.807) is 0 Å². The summed E-state index contributed by atoms with van der Waals surface area (Å²) in [6.07, 6.45) is 2.94. The van der Waals surface area contributed by atoms with E-state index >= 15 is 0 Å². The normalized spacial score (nSPS) is 10.8. The van der Waals surface area contributed by atoms with Gasteiger partial charge in [-0.1, -0.05) is 38.1 Å². The standard InChI is InChI=1S/C15H18N2/c1-11(2)9-12-3-5-13(6-4-12)14-7-8-15(16)17-10-14/h3-8,10-11H,9H2,1-2H3,(H2,16,17). The summed E-state index contributed by atoms with van der Waals surface area (Å²) in [5.74, 6) is 1.25. The van der Waals surface area contributed by atoms with Gasteiger partial charge >= 0.3 is 0 Å². The van der Waals surface area contributed by atoms with Gasteiger partial charge < -0.3 is 5.73 Å². The molecule has 0 bridgehead atoms. The van der Waals surface area contributed by atoms with Crippen LogP contribution in [0.5, 0.6) is 0 Å². The molecule has 2 N–H and O–H groups in total. The second-order valence-corrected chi connectivity index (χ2v) is 4.77. The molecule has 0 fully saturated rings. The summed E-state index contributed by atoms with van der Waals surface area (Å²) in [4.78, 5) is 4.10. The predicted octanol–water partition coefficient (Wildman–Crippen LogP) is 3.53. The Morgan fingerprint density at radius 3 is 2.18 bits per heavy atom. The van der Waals surface area contributed by atoms with Crippen molar-refractivity contribution in [3.63, 3.8) is 0 Å². The molecule has 1 aromatic carbocycles. The number of rotatable bonds is 3. The predicted molar refractivity (Wildman–Crippen MR) is 72.6 cm³/mol. The quantitative estimate of drug-likeness (QED) is 0.869. The van der Waals surface area contributed by atoms with Crippen molar-refractivity contribution in [3.8, 4) is 11.1 Å². The minimum absolute atomic E-state index is 0.560. The second-order valence-electron chi connectivity index (χ2n) is 4.77. The smallest absolute Gasteiger partial charge is 0.123 e. The molecule has 0 radical (unpaired) electrons. The Bertz CT molecular complexity index is 469. The molecule has 2 nitrogen and oxygen atoms in total. The van der Waals surface area contributed by atoms with Gasteiger partial charge in [0.1, 0.15) is 5.82 Å². The van der Waals surface area contributed by atoms with Crippen LogP contribution in [-0.2, 0) is 6.42 Å². The van der Waals surface area contributed by atoms with E-state index in [-0.39, 0.29) is 0 Å². The third-order valence-corrected chi connectivity index (χ3v) is 2.72. The van der Waals surface area contributed by atoms with E-state index in [1.165, 1.54) is 11.1 Å². The van der Waals surface area contributed by atoms with Crippen LogP contribution >= 0.6 is 0 Å². The molecule has 1 heterocycles. The fraction of sp³-hybridized carbons (Fsp3) is 0.267. The van der Waals surface area contributed by atoms with Gasteiger partial charge in [0, 0.05) is 11.8 Å². The third-order valence-electron chi connectivity index (χ3n) is 2.72. The largest absolute Gasteiger partial charge is 0.384 e. The lowest BCUT2D eigenvalue weighted by atomic mass is 10.00. The molecule has 2 heteroatoms. The Kier molecular flexibility index (Phi) is 3.43. The minimum Gasteiger partial charge on any atom is -0.384 e. The van der Waals surface area contributed by atoms with Gasteiger partial charge in [0.15, 0.2) is 0 Å². The lowest BCUT2D eigenvalue weighted by Crippen LogP contribution is -1.93. The Hall–Kier alpha value is -1.83. The second kappa shape index (κ2) is 5.00. The summed E-state index contributed by atoms with van der Waals surface area (Å²) in [5.41, 5.74) is 9.25. The molecule has 2 rings (SSSR count). The first-order chi connectivity index (χ1) is 8.15. The third kappa shape index (κ3) is 3.06. The van der Waals surface area contributed by atoms with Crippen molar-refractivity contribution in [2.24, 2.45) is 5.92 Å². The maximum absolute atomic E-state index is 5.57. The molecule has 0 aliphatic heterocycles. The highest BCUT2D eigenvalue weighted by molar-refractivity contribution is 5.63. The Morgan fingerprint density at radius 1 is 1.00 bits per heavy atom. The van der Waals surface area contributed by atoms with Gasteiger partial charge in [-0.15, -0.1) is 0 Å². The van der Waals surface area contributed by atoms with Crippen molar-refractivity contribution in [2.75, 3.05) is 5.73 Å². The fourth-order valence-corrected chi connectivity index (χ4v) is 1.88. The molecular weight excluding hydrogens is 208 g/mol. The van der Waals surface area contributed by atoms with E-state index in [1.807, 2.05) is 18.3 Å². The monoisotopic (exact) mass is 226 g/mol. The van der Waals surface area contributed by atoms with E-state index in [2.05, 4.69) is 43.1 Å². The summed E-state index contributed by atoms with van der Waals surface area (Å²) in [6, 6.07) is 12.5. The molecule has 0 spiro atoms. The van der Waals surface area contributed by atoms with Gasteiger partial charge in [-0.3, -0.25) is 0 Å². The molecule has 0 aliphatic carbocycles. The number of anilines is 1. The van der Waals surface area contributed by atoms with Crippen LogP contribution in [0.15, 0.2) is 42.6 Å². The van der Waals surface area contributed by atoms with E-state index in [9.17, 15) is 0 Å². The summed E-state index contributed by atoms with van der Waals surface area (Å²) >= 11 is 0. The number of nitrogen functional groups attached to an aromatic ring is 1. The average Bonchev–Trinajstić information content (AvgIpc) is 2.30. The van der Waals surface area contributed by atoms with Gasteiger partial charge in [-0.05, 0) is 35.6 Å². The Balaban J connectivity index is 2.20. The summed E-state index contributed by atoms with van der Waals surface area (Å²) < 4.78 is 0. The number of benzene rings is 1. The molecule has 2 aromatic rings. The highest BCUT2D eigenvalue weighted by Gasteiger charge is 2.00. The lowest BCUT2D eigenvalue weighted by molar-refractivity contribution is 0.647. The van der Waals surface area contributed by atoms with Gasteiger partial charge in [0.2, 0.25) is 0 Å². The molecule has 0 amide bonds. The van der Waals surface area contributed by atoms with Crippen LogP contribution in [0.4, 0.5) is 5.82 Å². The maximum Gasteiger partial charge on any atom is 0.123 e. The highest BCUT2D eigenvalue weighted by atomic mass is 14.8. The zero-order valence-electron chi connectivity index (χ0n) is 10.4. The fourth-order valence-electron chi connectivity index (χ4n) is 1.88. The first-order valence-electron chi connectivity index (χ1n) is 5.96. The number of nitrogens with zero attached hydrogens (tertiary/aromatic N) is 1. The first kappa shape index (κ1) is 11.6. The van der Waals surface area contributed by atoms with Crippen LogP contribution in [0.1, 0.15) is 19.4 Å². The Morgan fingerprint density at radius 2 is 1.65 bits per heavy atom. The molecule has 88 valence electrons. The number of aromatic nitrogens is 1. The van der Waals surface area contributed by atoms with E-state index < -0.39 is 0 Å². The summed E-state index contributed by atoms with van der Waals surface area (Å²) in [5, 5.41) is 0. The molecule has 17 heavy (non-hydrogen) atoms. The number of hydrogen-bond acceptors (Lipinski definition) is 2. The van der Waals surface area contributed by atoms with Crippen molar-refractivity contribution in [3.05, 3.63) is 48.2 Å². The van der Waals surface area contributed by atoms with Crippen LogP contribution in [0.2, 0.25) is 0 Å². The molecule has 0 aliphatic rings. The summed E-state index contributed by atoms with van der Waals surface area (Å²) in [7, 11) is 0. The SMILES string of the molecule is CC(C)Cc1ccc(-c2ccc(N)nc2)cc1. The maximum atomic E-state index is 5.57. The van der Waals surface area contributed by atoms with Crippen molar-refractivity contribution >= 4 is 5.82 Å². The summed E-state index contributed by atoms with van der Waals surface area (Å²) in [6.45, 7) is 4.47. The van der Waals surface area contributed by atoms with Crippen molar-refractivity contribution < 1.29 is 0 Å². The van der Waals surface area contributed by atoms with Gasteiger partial charge in [-0.25, -0.2) is 4.98 Å². The van der Waals surface area contributed by atoms with Crippen LogP contribution in [0.3, 0.4) is 0 Å². The van der Waals surface area contributed by atoms with Gasteiger partial charge in [0.05, 0.1) is 0 Å². The molecule has 0 atom stereocenters. The number of hydrogen-bond donors (Lipinski definition) is 1. The van der Waals surface area contributed by atoms with Crippen LogP contribution < -0.4 is 5.73 Å². The Labute approximate surface area is 103 Å². The molecule has 0 saturated carbocycles. The molecule has 0 saturated heterocycles. The van der Waals surface area contributed by atoms with Crippen LogP contribution in [0, 0.1) is 5.92 Å². The van der Waals surface area contributed by atoms with Crippen LogP contribution in [-0.4, -0.2) is 4.98 Å². The average molecular weight is 226 g/mol. The number of nitrogens with two attached hydrogens (primary N) is 1. The van der Waals surface area contributed by atoms with Crippen molar-refractivity contribution in [1.29, 1.82) is 0 Å². The zero-order valence-corrected chi connectivity index (χ0v) is 10.4. The van der Waals surface area contributed by atoms with Crippen molar-refractivity contribution in [2.45, 2.75) is 20.3 Å². The van der Waals surface area contributed by atoms with E-state index in [0.29, 0.717) is 11.7 Å². The zero-order chi connectivity index (χ0) is 12.3. The van der Waals surface area contributed by atoms with E-state index in [0.717, 1.165) is 12.0 Å². The molecule has 1 aromatic heterocycles.